The van der Waals surface area contributed by atoms with Crippen LogP contribution in [0.25, 0.3) is 0 Å². The van der Waals surface area contributed by atoms with E-state index in [2.05, 4.69) is 11.4 Å². The van der Waals surface area contributed by atoms with Gasteiger partial charge in [-0.3, -0.25) is 4.79 Å². The third-order valence-electron chi connectivity index (χ3n) is 4.22. The number of nitriles is 1. The lowest BCUT2D eigenvalue weighted by Gasteiger charge is -2.40. The highest BCUT2D eigenvalue weighted by Crippen LogP contribution is 2.47. The van der Waals surface area contributed by atoms with Crippen molar-refractivity contribution in [3.63, 3.8) is 0 Å². The van der Waals surface area contributed by atoms with Gasteiger partial charge in [0.25, 0.3) is 0 Å². The minimum atomic E-state index is 0.0838. The zero-order chi connectivity index (χ0) is 9.71. The van der Waals surface area contributed by atoms with Crippen LogP contribution >= 0.6 is 0 Å². The molecule has 2 saturated heterocycles. The van der Waals surface area contributed by atoms with Crippen LogP contribution in [0.3, 0.4) is 0 Å². The number of nitrogens with zero attached hydrogens (tertiary/aromatic N) is 1. The Labute approximate surface area is 83.5 Å². The summed E-state index contributed by atoms with van der Waals surface area (Å²) in [6.07, 6.45) is 4.24. The van der Waals surface area contributed by atoms with Crippen molar-refractivity contribution in [1.82, 2.24) is 5.32 Å². The first kappa shape index (κ1) is 8.28. The molecule has 14 heavy (non-hydrogen) atoms. The second-order valence-electron chi connectivity index (χ2n) is 5.04. The summed E-state index contributed by atoms with van der Waals surface area (Å²) in [6, 6.07) is 2.55. The van der Waals surface area contributed by atoms with Crippen molar-refractivity contribution >= 4 is 5.91 Å². The highest BCUT2D eigenvalue weighted by Gasteiger charge is 2.48. The van der Waals surface area contributed by atoms with E-state index in [1.165, 1.54) is 6.42 Å². The Balaban J connectivity index is 1.99. The summed E-state index contributed by atoms with van der Waals surface area (Å²) < 4.78 is 0. The van der Waals surface area contributed by atoms with Gasteiger partial charge in [-0.25, -0.2) is 0 Å². The van der Waals surface area contributed by atoms with Crippen LogP contribution in [0.1, 0.15) is 25.7 Å². The Kier molecular flexibility index (Phi) is 1.61. The van der Waals surface area contributed by atoms with Gasteiger partial charge in [-0.1, -0.05) is 0 Å². The fourth-order valence-corrected chi connectivity index (χ4v) is 3.66. The molecule has 1 N–H and O–H groups in total. The van der Waals surface area contributed by atoms with Crippen molar-refractivity contribution < 1.29 is 4.79 Å². The molecule has 1 amide bonds. The summed E-state index contributed by atoms with van der Waals surface area (Å²) in [7, 11) is 0. The molecule has 4 fully saturated rings. The Bertz CT molecular complexity index is 320. The zero-order valence-electron chi connectivity index (χ0n) is 8.07. The highest BCUT2D eigenvalue weighted by molar-refractivity contribution is 5.80. The third kappa shape index (κ3) is 1.00. The van der Waals surface area contributed by atoms with Crippen molar-refractivity contribution in [2.45, 2.75) is 31.7 Å². The molecule has 0 aromatic heterocycles. The zero-order valence-corrected chi connectivity index (χ0v) is 8.07. The quantitative estimate of drug-likeness (QED) is 0.621. The second kappa shape index (κ2) is 2.73. The van der Waals surface area contributed by atoms with E-state index >= 15 is 0 Å². The van der Waals surface area contributed by atoms with Crippen LogP contribution in [-0.2, 0) is 4.79 Å². The smallest absolute Gasteiger partial charge is 0.223 e. The summed E-state index contributed by atoms with van der Waals surface area (Å²) >= 11 is 0. The van der Waals surface area contributed by atoms with Gasteiger partial charge >= 0.3 is 0 Å². The van der Waals surface area contributed by atoms with Crippen molar-refractivity contribution in [1.29, 1.82) is 5.26 Å². The number of hydrogen-bond acceptors (Lipinski definition) is 2. The SMILES string of the molecule is N#C[C@H]1C2CC3CC(C2)C(=O)NC1C3. The first-order valence-electron chi connectivity index (χ1n) is 5.48. The molecule has 2 aliphatic carbocycles. The molecule has 0 spiro atoms. The average molecular weight is 190 g/mol. The Morgan fingerprint density at radius 2 is 2.14 bits per heavy atom. The lowest BCUT2D eigenvalue weighted by molar-refractivity contribution is -0.125. The molecule has 0 aromatic carbocycles. The van der Waals surface area contributed by atoms with E-state index in [4.69, 9.17) is 5.26 Å². The van der Waals surface area contributed by atoms with Gasteiger partial charge in [-0.05, 0) is 37.5 Å². The lowest BCUT2D eigenvalue weighted by Crippen LogP contribution is -2.43. The van der Waals surface area contributed by atoms with Crippen molar-refractivity contribution in [2.24, 2.45) is 23.7 Å². The molecule has 2 aliphatic heterocycles. The highest BCUT2D eigenvalue weighted by atomic mass is 16.2. The first-order chi connectivity index (χ1) is 6.78. The summed E-state index contributed by atoms with van der Waals surface area (Å²) in [5, 5.41) is 12.1. The predicted octanol–water partition coefficient (Wildman–Crippen LogP) is 1.06. The van der Waals surface area contributed by atoms with Crippen LogP contribution in [0.5, 0.6) is 0 Å². The number of carbonyl (C=O) groups is 1. The monoisotopic (exact) mass is 190 g/mol. The summed E-state index contributed by atoms with van der Waals surface area (Å²) in [4.78, 5) is 11.7. The minimum absolute atomic E-state index is 0.0838. The molecular weight excluding hydrogens is 176 g/mol. The molecule has 4 aliphatic rings. The maximum atomic E-state index is 11.7. The topological polar surface area (TPSA) is 52.9 Å². The van der Waals surface area contributed by atoms with Crippen LogP contribution < -0.4 is 5.32 Å². The lowest BCUT2D eigenvalue weighted by atomic mass is 9.64. The van der Waals surface area contributed by atoms with E-state index < -0.39 is 0 Å². The van der Waals surface area contributed by atoms with Crippen LogP contribution in [0.15, 0.2) is 0 Å². The van der Waals surface area contributed by atoms with E-state index in [-0.39, 0.29) is 23.8 Å². The Morgan fingerprint density at radius 3 is 2.93 bits per heavy atom. The molecule has 74 valence electrons. The van der Waals surface area contributed by atoms with Gasteiger partial charge in [0.15, 0.2) is 0 Å². The van der Waals surface area contributed by atoms with Gasteiger partial charge in [-0.2, -0.15) is 5.26 Å². The fraction of sp³-hybridized carbons (Fsp3) is 0.818. The van der Waals surface area contributed by atoms with Crippen molar-refractivity contribution in [3.05, 3.63) is 0 Å². The minimum Gasteiger partial charge on any atom is -0.352 e. The fourth-order valence-electron chi connectivity index (χ4n) is 3.66. The molecular formula is C11H14N2O. The number of hydrogen-bond donors (Lipinski definition) is 1. The van der Waals surface area contributed by atoms with Crippen LogP contribution in [0.2, 0.25) is 0 Å². The third-order valence-corrected chi connectivity index (χ3v) is 4.22. The molecule has 4 bridgehead atoms. The Morgan fingerprint density at radius 1 is 1.29 bits per heavy atom. The second-order valence-corrected chi connectivity index (χ2v) is 5.04. The Hall–Kier alpha value is -1.04. The predicted molar refractivity (Wildman–Crippen MR) is 50.0 cm³/mol. The van der Waals surface area contributed by atoms with Gasteiger partial charge in [0.1, 0.15) is 0 Å². The summed E-state index contributed by atoms with van der Waals surface area (Å²) in [5.74, 6) is 1.69. The average Bonchev–Trinajstić information content (AvgIpc) is 2.31. The number of rotatable bonds is 0. The molecule has 0 aromatic rings. The van der Waals surface area contributed by atoms with Gasteiger partial charge in [-0.15, -0.1) is 0 Å². The summed E-state index contributed by atoms with van der Waals surface area (Å²) in [5.41, 5.74) is 0. The van der Waals surface area contributed by atoms with Gasteiger partial charge in [0.05, 0.1) is 12.0 Å². The van der Waals surface area contributed by atoms with Gasteiger partial charge in [0.2, 0.25) is 5.91 Å². The molecule has 0 radical (unpaired) electrons. The molecule has 3 heteroatoms. The van der Waals surface area contributed by atoms with Crippen LogP contribution in [0.4, 0.5) is 0 Å². The molecule has 3 nitrogen and oxygen atoms in total. The molecule has 4 unspecified atom stereocenters. The number of amides is 1. The van der Waals surface area contributed by atoms with E-state index in [1.54, 1.807) is 0 Å². The van der Waals surface area contributed by atoms with Gasteiger partial charge in [0, 0.05) is 12.0 Å². The molecule has 2 saturated carbocycles. The van der Waals surface area contributed by atoms with E-state index in [9.17, 15) is 4.79 Å². The van der Waals surface area contributed by atoms with Crippen LogP contribution in [0, 0.1) is 35.0 Å². The first-order valence-corrected chi connectivity index (χ1v) is 5.48. The normalized spacial score (nSPS) is 49.6. The number of carbonyl (C=O) groups excluding carboxylic acids is 1. The molecule has 2 heterocycles. The van der Waals surface area contributed by atoms with Crippen molar-refractivity contribution in [3.8, 4) is 6.07 Å². The number of nitrogens with one attached hydrogen (secondary N) is 1. The van der Waals surface area contributed by atoms with E-state index in [0.717, 1.165) is 19.3 Å². The van der Waals surface area contributed by atoms with Crippen LogP contribution in [-0.4, -0.2) is 11.9 Å². The molecule has 5 atom stereocenters. The largest absolute Gasteiger partial charge is 0.352 e. The molecule has 4 rings (SSSR count). The maximum Gasteiger partial charge on any atom is 0.223 e. The van der Waals surface area contributed by atoms with E-state index in [0.29, 0.717) is 11.8 Å². The van der Waals surface area contributed by atoms with Gasteiger partial charge < -0.3 is 5.32 Å². The number of fused-ring (bicyclic) bond motifs is 1. The maximum absolute atomic E-state index is 11.7. The summed E-state index contributed by atoms with van der Waals surface area (Å²) in [6.45, 7) is 0. The van der Waals surface area contributed by atoms with E-state index in [1.807, 2.05) is 0 Å². The standard InChI is InChI=1S/C11H14N2O/c12-5-9-7-1-6-2-8(4-7)11(14)13-10(9)3-6/h6-10H,1-4H2,(H,13,14)/t6?,7?,8?,9-,10?/m0/s1. The van der Waals surface area contributed by atoms with Crippen molar-refractivity contribution in [2.75, 3.05) is 0 Å².